The van der Waals surface area contributed by atoms with Crippen molar-refractivity contribution in [1.29, 1.82) is 0 Å². The molecule has 1 heterocycles. The van der Waals surface area contributed by atoms with Gasteiger partial charge in [0.1, 0.15) is 5.01 Å². The molecular weight excluding hydrogens is 721 g/mol. The van der Waals surface area contributed by atoms with Gasteiger partial charge in [-0.3, -0.25) is 0 Å². The van der Waals surface area contributed by atoms with E-state index >= 15 is 0 Å². The molecule has 0 unspecified atom stereocenters. The molecule has 12 aromatic rings. The molecule has 0 aliphatic rings. The highest BCUT2D eigenvalue weighted by atomic mass is 32.1. The Labute approximate surface area is 339 Å². The fraction of sp³-hybridized carbons (Fsp3) is 0. The third-order valence-electron chi connectivity index (χ3n) is 11.8. The first kappa shape index (κ1) is 32.9. The van der Waals surface area contributed by atoms with Crippen molar-refractivity contribution >= 4 is 103 Å². The van der Waals surface area contributed by atoms with Gasteiger partial charge in [-0.05, 0) is 119 Å². The summed E-state index contributed by atoms with van der Waals surface area (Å²) in [6.07, 6.45) is 0. The van der Waals surface area contributed by atoms with Crippen LogP contribution in [0.1, 0.15) is 0 Å². The van der Waals surface area contributed by atoms with Gasteiger partial charge in [0.25, 0.3) is 0 Å². The van der Waals surface area contributed by atoms with Crippen LogP contribution in [-0.2, 0) is 0 Å². The standard InChI is InChI=1S/C55H34N2S/c1-2-11-39(12-3-1)55-56-52-31-25-38-19-18-37-23-29-44(34-50(37)53(38)54(52)58-55)57(43-28-22-35-10-4-5-13-40(35)32-43)42-26-20-36(21-27-42)41-24-30-49-47-16-7-6-14-45(47)46-15-8-9-17-48(46)51(49)33-41/h1-34H. The van der Waals surface area contributed by atoms with Crippen LogP contribution < -0.4 is 4.90 Å². The third kappa shape index (κ3) is 5.28. The van der Waals surface area contributed by atoms with Gasteiger partial charge in [-0.25, -0.2) is 4.98 Å². The Morgan fingerprint density at radius 2 is 0.879 bits per heavy atom. The summed E-state index contributed by atoms with van der Waals surface area (Å²) in [6, 6.07) is 75.3. The molecule has 0 aliphatic heterocycles. The molecule has 0 radical (unpaired) electrons. The zero-order valence-corrected chi connectivity index (χ0v) is 32.2. The van der Waals surface area contributed by atoms with E-state index in [9.17, 15) is 0 Å². The topological polar surface area (TPSA) is 16.1 Å². The van der Waals surface area contributed by atoms with Crippen molar-refractivity contribution in [3.63, 3.8) is 0 Å². The summed E-state index contributed by atoms with van der Waals surface area (Å²) in [5, 5.41) is 16.1. The highest BCUT2D eigenvalue weighted by molar-refractivity contribution is 7.22. The van der Waals surface area contributed by atoms with Gasteiger partial charge < -0.3 is 4.90 Å². The molecule has 0 saturated carbocycles. The molecule has 58 heavy (non-hydrogen) atoms. The number of thiazole rings is 1. The van der Waals surface area contributed by atoms with Gasteiger partial charge >= 0.3 is 0 Å². The predicted molar refractivity (Wildman–Crippen MR) is 250 cm³/mol. The van der Waals surface area contributed by atoms with Crippen LogP contribution in [0.2, 0.25) is 0 Å². The molecule has 0 aliphatic carbocycles. The maximum atomic E-state index is 5.11. The summed E-state index contributed by atoms with van der Waals surface area (Å²) < 4.78 is 1.22. The van der Waals surface area contributed by atoms with Gasteiger partial charge in [0.2, 0.25) is 0 Å². The molecule has 11 aromatic carbocycles. The zero-order chi connectivity index (χ0) is 38.2. The van der Waals surface area contributed by atoms with Crippen LogP contribution >= 0.6 is 11.3 Å². The third-order valence-corrected chi connectivity index (χ3v) is 12.9. The Kier molecular flexibility index (Phi) is 7.44. The minimum absolute atomic E-state index is 1.03. The molecule has 270 valence electrons. The van der Waals surface area contributed by atoms with E-state index in [2.05, 4.69) is 211 Å². The first-order valence-electron chi connectivity index (χ1n) is 19.8. The van der Waals surface area contributed by atoms with Crippen molar-refractivity contribution in [2.24, 2.45) is 0 Å². The summed E-state index contributed by atoms with van der Waals surface area (Å²) in [7, 11) is 0. The lowest BCUT2D eigenvalue weighted by Gasteiger charge is -2.26. The normalized spacial score (nSPS) is 11.8. The van der Waals surface area contributed by atoms with Gasteiger partial charge in [-0.15, -0.1) is 11.3 Å². The zero-order valence-electron chi connectivity index (χ0n) is 31.4. The minimum atomic E-state index is 1.03. The average molecular weight is 755 g/mol. The van der Waals surface area contributed by atoms with Crippen molar-refractivity contribution in [1.82, 2.24) is 4.98 Å². The first-order valence-corrected chi connectivity index (χ1v) is 20.6. The number of rotatable bonds is 5. The fourth-order valence-electron chi connectivity index (χ4n) is 9.01. The first-order chi connectivity index (χ1) is 28.7. The minimum Gasteiger partial charge on any atom is -0.310 e. The second-order valence-corrected chi connectivity index (χ2v) is 16.1. The van der Waals surface area contributed by atoms with E-state index in [-0.39, 0.29) is 0 Å². The highest BCUT2D eigenvalue weighted by Gasteiger charge is 2.18. The Morgan fingerprint density at radius 1 is 0.328 bits per heavy atom. The molecule has 0 fully saturated rings. The van der Waals surface area contributed by atoms with E-state index in [1.807, 2.05) is 0 Å². The molecule has 12 rings (SSSR count). The van der Waals surface area contributed by atoms with Crippen molar-refractivity contribution in [2.75, 3.05) is 4.90 Å². The van der Waals surface area contributed by atoms with Gasteiger partial charge in [-0.1, -0.05) is 158 Å². The monoisotopic (exact) mass is 754 g/mol. The molecule has 0 atom stereocenters. The maximum absolute atomic E-state index is 5.11. The summed E-state index contributed by atoms with van der Waals surface area (Å²) in [6.45, 7) is 0. The van der Waals surface area contributed by atoms with Crippen molar-refractivity contribution in [3.8, 4) is 21.7 Å². The largest absolute Gasteiger partial charge is 0.310 e. The average Bonchev–Trinajstić information content (AvgIpc) is 3.74. The van der Waals surface area contributed by atoms with Crippen LogP contribution in [0.5, 0.6) is 0 Å². The smallest absolute Gasteiger partial charge is 0.124 e. The van der Waals surface area contributed by atoms with Crippen molar-refractivity contribution in [3.05, 3.63) is 206 Å². The number of anilines is 3. The number of nitrogens with zero attached hydrogens (tertiary/aromatic N) is 2. The van der Waals surface area contributed by atoms with Crippen molar-refractivity contribution in [2.45, 2.75) is 0 Å². The fourth-order valence-corrected chi connectivity index (χ4v) is 10.1. The van der Waals surface area contributed by atoms with E-state index in [1.54, 1.807) is 11.3 Å². The van der Waals surface area contributed by atoms with Crippen LogP contribution in [0.15, 0.2) is 206 Å². The molecule has 0 spiro atoms. The van der Waals surface area contributed by atoms with Crippen molar-refractivity contribution < 1.29 is 0 Å². The lowest BCUT2D eigenvalue weighted by molar-refractivity contribution is 1.29. The number of hydrogen-bond acceptors (Lipinski definition) is 3. The summed E-state index contributed by atoms with van der Waals surface area (Å²) >= 11 is 1.78. The van der Waals surface area contributed by atoms with Crippen LogP contribution in [0, 0.1) is 0 Å². The van der Waals surface area contributed by atoms with Gasteiger partial charge in [0.05, 0.1) is 10.2 Å². The van der Waals surface area contributed by atoms with E-state index in [4.69, 9.17) is 4.98 Å². The maximum Gasteiger partial charge on any atom is 0.124 e. The molecule has 2 nitrogen and oxygen atoms in total. The Hall–Kier alpha value is -7.33. The second kappa shape index (κ2) is 13.1. The van der Waals surface area contributed by atoms with Crippen LogP contribution in [-0.4, -0.2) is 4.98 Å². The molecule has 0 bridgehead atoms. The molecular formula is C55H34N2S. The molecule has 1 aromatic heterocycles. The highest BCUT2D eigenvalue weighted by Crippen LogP contribution is 2.43. The summed E-state index contributed by atoms with van der Waals surface area (Å²) in [5.74, 6) is 0. The van der Waals surface area contributed by atoms with E-state index < -0.39 is 0 Å². The van der Waals surface area contributed by atoms with Crippen LogP contribution in [0.3, 0.4) is 0 Å². The number of benzene rings is 11. The number of hydrogen-bond donors (Lipinski definition) is 0. The Balaban J connectivity index is 1.02. The quantitative estimate of drug-likeness (QED) is 0.163. The Morgan fingerprint density at radius 3 is 1.64 bits per heavy atom. The lowest BCUT2D eigenvalue weighted by atomic mass is 9.92. The number of fused-ring (bicyclic) bond motifs is 12. The summed E-state index contributed by atoms with van der Waals surface area (Å²) in [5.41, 5.74) is 7.90. The Bertz CT molecular complexity index is 3530. The van der Waals surface area contributed by atoms with E-state index in [0.717, 1.165) is 33.1 Å². The molecule has 0 N–H and O–H groups in total. The van der Waals surface area contributed by atoms with Crippen LogP contribution in [0.25, 0.3) is 96.5 Å². The lowest BCUT2D eigenvalue weighted by Crippen LogP contribution is -2.10. The van der Waals surface area contributed by atoms with E-state index in [1.165, 1.54) is 80.5 Å². The van der Waals surface area contributed by atoms with E-state index in [0.29, 0.717) is 0 Å². The SMILES string of the molecule is c1ccc(-c2nc3ccc4ccc5ccc(N(c6ccc(-c7ccc8c9ccccc9c9ccccc9c8c7)cc6)c6ccc7ccccc7c6)cc5c4c3s2)cc1. The number of aromatic nitrogens is 1. The predicted octanol–water partition coefficient (Wildman–Crippen LogP) is 16.0. The molecule has 0 amide bonds. The second-order valence-electron chi connectivity index (χ2n) is 15.1. The van der Waals surface area contributed by atoms with Crippen LogP contribution in [0.4, 0.5) is 17.1 Å². The summed E-state index contributed by atoms with van der Waals surface area (Å²) in [4.78, 5) is 7.51. The van der Waals surface area contributed by atoms with Gasteiger partial charge in [-0.2, -0.15) is 0 Å². The van der Waals surface area contributed by atoms with Gasteiger partial charge in [0.15, 0.2) is 0 Å². The molecule has 0 saturated heterocycles. The molecule has 3 heteroatoms. The van der Waals surface area contributed by atoms with Gasteiger partial charge in [0, 0.05) is 28.0 Å².